The second-order valence-corrected chi connectivity index (χ2v) is 9.18. The lowest BCUT2D eigenvalue weighted by Crippen LogP contribution is -2.28. The maximum atomic E-state index is 16.0. The first kappa shape index (κ1) is 24.9. The molecule has 1 unspecified atom stereocenters. The lowest BCUT2D eigenvalue weighted by Gasteiger charge is -2.27. The maximum absolute atomic E-state index is 16.0. The van der Waals surface area contributed by atoms with Crippen LogP contribution in [0.15, 0.2) is 72.8 Å². The predicted octanol–water partition coefficient (Wildman–Crippen LogP) is 6.39. The summed E-state index contributed by atoms with van der Waals surface area (Å²) in [6, 6.07) is 21.3. The number of nitro groups is 1. The molecule has 0 fully saturated rings. The van der Waals surface area contributed by atoms with Crippen LogP contribution in [0.1, 0.15) is 50.3 Å². The molecule has 0 radical (unpaired) electrons. The predicted molar refractivity (Wildman–Crippen MR) is 130 cm³/mol. The van der Waals surface area contributed by atoms with E-state index in [0.717, 1.165) is 11.1 Å². The van der Waals surface area contributed by atoms with Gasteiger partial charge in [0.05, 0.1) is 10.8 Å². The molecule has 6 nitrogen and oxygen atoms in total. The molecule has 3 aromatic carbocycles. The van der Waals surface area contributed by atoms with Gasteiger partial charge in [-0.2, -0.15) is 0 Å². The summed E-state index contributed by atoms with van der Waals surface area (Å²) in [5, 5.41) is 11.9. The summed E-state index contributed by atoms with van der Waals surface area (Å²) in [7, 11) is 0. The highest BCUT2D eigenvalue weighted by Crippen LogP contribution is 2.38. The third-order valence-corrected chi connectivity index (χ3v) is 5.30. The van der Waals surface area contributed by atoms with Crippen molar-refractivity contribution in [3.63, 3.8) is 0 Å². The van der Waals surface area contributed by atoms with Crippen LogP contribution < -0.4 is 4.90 Å². The van der Waals surface area contributed by atoms with Crippen molar-refractivity contribution in [1.29, 1.82) is 0 Å². The van der Waals surface area contributed by atoms with E-state index < -0.39 is 28.2 Å². The summed E-state index contributed by atoms with van der Waals surface area (Å²) in [4.78, 5) is 25.6. The van der Waals surface area contributed by atoms with Crippen molar-refractivity contribution in [2.75, 3.05) is 4.90 Å². The molecular weight excluding hydrogens is 435 g/mol. The minimum Gasteiger partial charge on any atom is -0.460 e. The lowest BCUT2D eigenvalue weighted by molar-refractivity contribution is -0.384. The van der Waals surface area contributed by atoms with Gasteiger partial charge in [-0.25, -0.2) is 4.39 Å². The molecule has 0 aliphatic carbocycles. The summed E-state index contributed by atoms with van der Waals surface area (Å²) in [6.07, 6.45) is 0. The topological polar surface area (TPSA) is 72.7 Å². The number of hydrogen-bond acceptors (Lipinski definition) is 5. The zero-order valence-corrected chi connectivity index (χ0v) is 19.8. The van der Waals surface area contributed by atoms with Gasteiger partial charge in [0.2, 0.25) is 0 Å². The van der Waals surface area contributed by atoms with E-state index in [9.17, 15) is 14.9 Å². The van der Waals surface area contributed by atoms with Gasteiger partial charge in [0, 0.05) is 24.7 Å². The second kappa shape index (κ2) is 10.5. The van der Waals surface area contributed by atoms with Gasteiger partial charge in [0.15, 0.2) is 11.5 Å². The van der Waals surface area contributed by atoms with E-state index in [4.69, 9.17) is 4.74 Å². The number of ether oxygens (including phenoxy) is 1. The van der Waals surface area contributed by atoms with Crippen LogP contribution in [0.4, 0.5) is 15.8 Å². The molecule has 178 valence electrons. The molecule has 0 N–H and O–H groups in total. The number of esters is 1. The van der Waals surface area contributed by atoms with Gasteiger partial charge in [-0.05, 0) is 44.9 Å². The highest BCUT2D eigenvalue weighted by atomic mass is 19.1. The molecule has 3 aromatic rings. The van der Waals surface area contributed by atoms with Crippen LogP contribution in [0.3, 0.4) is 0 Å². The van der Waals surface area contributed by atoms with Gasteiger partial charge in [-0.1, -0.05) is 60.7 Å². The van der Waals surface area contributed by atoms with Gasteiger partial charge in [0.1, 0.15) is 5.60 Å². The summed E-state index contributed by atoms with van der Waals surface area (Å²) in [5.41, 5.74) is 0.560. The Morgan fingerprint density at radius 1 is 0.971 bits per heavy atom. The summed E-state index contributed by atoms with van der Waals surface area (Å²) in [6.45, 7) is 7.24. The SMILES string of the molecule is CC(C(=O)OC(C)(C)C)c1ccc([N+](=O)[O-])c(N(Cc2ccccc2)Cc2ccccc2)c1F. The van der Waals surface area contributed by atoms with Crippen molar-refractivity contribution in [2.24, 2.45) is 0 Å². The third-order valence-electron chi connectivity index (χ3n) is 5.30. The Kier molecular flexibility index (Phi) is 7.66. The van der Waals surface area contributed by atoms with E-state index in [1.165, 1.54) is 12.1 Å². The molecule has 0 aliphatic rings. The van der Waals surface area contributed by atoms with E-state index in [2.05, 4.69) is 0 Å². The maximum Gasteiger partial charge on any atom is 0.313 e. The number of anilines is 1. The molecule has 1 atom stereocenters. The molecule has 34 heavy (non-hydrogen) atoms. The highest BCUT2D eigenvalue weighted by molar-refractivity contribution is 5.80. The van der Waals surface area contributed by atoms with Gasteiger partial charge in [-0.15, -0.1) is 0 Å². The average molecular weight is 465 g/mol. The molecule has 0 aromatic heterocycles. The normalized spacial score (nSPS) is 12.1. The number of nitro benzene ring substituents is 1. The van der Waals surface area contributed by atoms with Crippen LogP contribution in [0.25, 0.3) is 0 Å². The minimum absolute atomic E-state index is 0.0565. The third kappa shape index (κ3) is 6.19. The van der Waals surface area contributed by atoms with Crippen LogP contribution in [0.2, 0.25) is 0 Å². The van der Waals surface area contributed by atoms with Crippen molar-refractivity contribution in [3.05, 3.63) is 105 Å². The molecule has 0 spiro atoms. The minimum atomic E-state index is -0.936. The van der Waals surface area contributed by atoms with E-state index in [0.29, 0.717) is 0 Å². The standard InChI is InChI=1S/C27H29FN2O4/c1-19(26(31)34-27(2,3)4)22-15-16-23(30(32)33)25(24(22)28)29(17-20-11-7-5-8-12-20)18-21-13-9-6-10-14-21/h5-16,19H,17-18H2,1-4H3. The number of halogens is 1. The van der Waals surface area contributed by atoms with E-state index in [1.807, 2.05) is 60.7 Å². The first-order chi connectivity index (χ1) is 16.1. The van der Waals surface area contributed by atoms with Gasteiger partial charge in [-0.3, -0.25) is 14.9 Å². The van der Waals surface area contributed by atoms with Crippen molar-refractivity contribution in [1.82, 2.24) is 0 Å². The zero-order valence-electron chi connectivity index (χ0n) is 19.8. The number of benzene rings is 3. The summed E-state index contributed by atoms with van der Waals surface area (Å²) < 4.78 is 21.5. The average Bonchev–Trinajstić information content (AvgIpc) is 2.78. The Labute approximate surface area is 199 Å². The molecule has 3 rings (SSSR count). The van der Waals surface area contributed by atoms with Crippen molar-refractivity contribution < 1.29 is 18.8 Å². The summed E-state index contributed by atoms with van der Waals surface area (Å²) >= 11 is 0. The Balaban J connectivity index is 2.11. The van der Waals surface area contributed by atoms with Gasteiger partial charge >= 0.3 is 5.97 Å². The quantitative estimate of drug-likeness (QED) is 0.220. The van der Waals surface area contributed by atoms with Crippen LogP contribution in [-0.2, 0) is 22.6 Å². The summed E-state index contributed by atoms with van der Waals surface area (Å²) in [5.74, 6) is -2.32. The number of rotatable bonds is 8. The Hall–Kier alpha value is -3.74. The van der Waals surface area contributed by atoms with Crippen molar-refractivity contribution in [3.8, 4) is 0 Å². The van der Waals surface area contributed by atoms with E-state index in [1.54, 1.807) is 32.6 Å². The highest BCUT2D eigenvalue weighted by Gasteiger charge is 2.31. The van der Waals surface area contributed by atoms with Crippen molar-refractivity contribution in [2.45, 2.75) is 52.3 Å². The van der Waals surface area contributed by atoms with Crippen LogP contribution in [0, 0.1) is 15.9 Å². The molecule has 0 bridgehead atoms. The number of hydrogen-bond donors (Lipinski definition) is 0. The van der Waals surface area contributed by atoms with Crippen molar-refractivity contribution >= 4 is 17.3 Å². The molecule has 0 heterocycles. The number of nitrogens with zero attached hydrogens (tertiary/aromatic N) is 2. The monoisotopic (exact) mass is 464 g/mol. The molecule has 0 saturated carbocycles. The fraction of sp³-hybridized carbons (Fsp3) is 0.296. The van der Waals surface area contributed by atoms with Crippen LogP contribution in [0.5, 0.6) is 0 Å². The van der Waals surface area contributed by atoms with Gasteiger partial charge < -0.3 is 9.64 Å². The van der Waals surface area contributed by atoms with Crippen LogP contribution >= 0.6 is 0 Å². The first-order valence-corrected chi connectivity index (χ1v) is 11.1. The largest absolute Gasteiger partial charge is 0.460 e. The lowest BCUT2D eigenvalue weighted by atomic mass is 9.98. The fourth-order valence-electron chi connectivity index (χ4n) is 3.69. The second-order valence-electron chi connectivity index (χ2n) is 9.18. The Bertz CT molecular complexity index is 1100. The van der Waals surface area contributed by atoms with E-state index >= 15 is 4.39 Å². The smallest absolute Gasteiger partial charge is 0.313 e. The van der Waals surface area contributed by atoms with Crippen LogP contribution in [-0.4, -0.2) is 16.5 Å². The number of carbonyl (C=O) groups is 1. The zero-order chi connectivity index (χ0) is 24.9. The fourth-order valence-corrected chi connectivity index (χ4v) is 3.69. The van der Waals surface area contributed by atoms with E-state index in [-0.39, 0.29) is 30.0 Å². The number of carbonyl (C=O) groups excluding carboxylic acids is 1. The Morgan fingerprint density at radius 3 is 1.91 bits per heavy atom. The Morgan fingerprint density at radius 2 is 1.47 bits per heavy atom. The molecule has 0 amide bonds. The van der Waals surface area contributed by atoms with Gasteiger partial charge in [0.25, 0.3) is 5.69 Å². The molecular formula is C27H29FN2O4. The molecule has 7 heteroatoms. The molecule has 0 aliphatic heterocycles. The molecule has 0 saturated heterocycles. The first-order valence-electron chi connectivity index (χ1n) is 11.1.